The minimum absolute atomic E-state index is 0.106. The Labute approximate surface area is 200 Å². The first kappa shape index (κ1) is 22.4. The maximum atomic E-state index is 13.9. The SMILES string of the molecule is COc1cccc(CN2C(=O)c3nc4ccccc4n3CC2(C)C(=O)NC2CCCCC2C)c1. The zero-order chi connectivity index (χ0) is 23.9. The van der Waals surface area contributed by atoms with E-state index in [1.807, 2.05) is 60.0 Å². The predicted molar refractivity (Wildman–Crippen MR) is 131 cm³/mol. The Morgan fingerprint density at radius 1 is 1.18 bits per heavy atom. The highest BCUT2D eigenvalue weighted by Gasteiger charge is 2.49. The lowest BCUT2D eigenvalue weighted by Crippen LogP contribution is -2.65. The molecule has 178 valence electrons. The fourth-order valence-electron chi connectivity index (χ4n) is 5.39. The highest BCUT2D eigenvalue weighted by atomic mass is 16.5. The van der Waals surface area contributed by atoms with Crippen molar-refractivity contribution >= 4 is 22.8 Å². The van der Waals surface area contributed by atoms with Gasteiger partial charge < -0.3 is 19.5 Å². The monoisotopic (exact) mass is 460 g/mol. The van der Waals surface area contributed by atoms with Gasteiger partial charge in [-0.05, 0) is 55.5 Å². The van der Waals surface area contributed by atoms with Crippen LogP contribution in [0.2, 0.25) is 0 Å². The van der Waals surface area contributed by atoms with Gasteiger partial charge in [0.25, 0.3) is 5.91 Å². The van der Waals surface area contributed by atoms with E-state index in [4.69, 9.17) is 4.74 Å². The molecule has 1 aliphatic carbocycles. The first-order chi connectivity index (χ1) is 16.4. The largest absolute Gasteiger partial charge is 0.497 e. The molecule has 2 aromatic carbocycles. The third kappa shape index (κ3) is 3.83. The Bertz CT molecular complexity index is 1240. The van der Waals surface area contributed by atoms with Crippen LogP contribution < -0.4 is 10.1 Å². The lowest BCUT2D eigenvalue weighted by Gasteiger charge is -2.44. The predicted octanol–water partition coefficient (Wildman–Crippen LogP) is 4.15. The summed E-state index contributed by atoms with van der Waals surface area (Å²) >= 11 is 0. The van der Waals surface area contributed by atoms with E-state index in [1.54, 1.807) is 12.0 Å². The molecule has 3 unspecified atom stereocenters. The number of aromatic nitrogens is 2. The Kier molecular flexibility index (Phi) is 5.80. The summed E-state index contributed by atoms with van der Waals surface area (Å²) in [5.41, 5.74) is 1.48. The molecule has 2 aliphatic rings. The molecule has 2 heterocycles. The summed E-state index contributed by atoms with van der Waals surface area (Å²) in [6.07, 6.45) is 4.42. The molecule has 34 heavy (non-hydrogen) atoms. The van der Waals surface area contributed by atoms with E-state index < -0.39 is 5.54 Å². The van der Waals surface area contributed by atoms with E-state index in [9.17, 15) is 9.59 Å². The van der Waals surface area contributed by atoms with Gasteiger partial charge in [0.1, 0.15) is 11.3 Å². The van der Waals surface area contributed by atoms with Crippen molar-refractivity contribution in [3.63, 3.8) is 0 Å². The molecule has 2 amide bonds. The fourth-order valence-corrected chi connectivity index (χ4v) is 5.39. The van der Waals surface area contributed by atoms with E-state index in [0.29, 0.717) is 24.8 Å². The van der Waals surface area contributed by atoms with Crippen LogP contribution in [0.3, 0.4) is 0 Å². The number of nitrogens with zero attached hydrogens (tertiary/aromatic N) is 3. The number of carbonyl (C=O) groups excluding carboxylic acids is 2. The van der Waals surface area contributed by atoms with E-state index >= 15 is 0 Å². The summed E-state index contributed by atoms with van der Waals surface area (Å²) in [5, 5.41) is 3.32. The van der Waals surface area contributed by atoms with Crippen LogP contribution in [0.25, 0.3) is 11.0 Å². The number of imidazole rings is 1. The minimum atomic E-state index is -1.06. The number of fused-ring (bicyclic) bond motifs is 3. The van der Waals surface area contributed by atoms with E-state index in [2.05, 4.69) is 17.2 Å². The van der Waals surface area contributed by atoms with E-state index in [-0.39, 0.29) is 17.9 Å². The Balaban J connectivity index is 1.55. The standard InChI is InChI=1S/C27H32N4O3/c1-18-9-4-5-12-21(18)29-26(33)27(2)17-30-23-14-7-6-13-22(23)28-24(30)25(32)31(27)16-19-10-8-11-20(15-19)34-3/h6-8,10-11,13-15,18,21H,4-5,9,12,16-17H2,1-3H3,(H,29,33). The van der Waals surface area contributed by atoms with Crippen LogP contribution in [0.4, 0.5) is 0 Å². The Hall–Kier alpha value is -3.35. The van der Waals surface area contributed by atoms with Gasteiger partial charge in [0.15, 0.2) is 5.82 Å². The van der Waals surface area contributed by atoms with Gasteiger partial charge in [-0.15, -0.1) is 0 Å². The van der Waals surface area contributed by atoms with Crippen LogP contribution in [0, 0.1) is 5.92 Å². The van der Waals surface area contributed by atoms with Gasteiger partial charge in [-0.1, -0.05) is 44.0 Å². The molecule has 1 aromatic heterocycles. The van der Waals surface area contributed by atoms with Crippen LogP contribution >= 0.6 is 0 Å². The van der Waals surface area contributed by atoms with Crippen molar-refractivity contribution in [2.75, 3.05) is 7.11 Å². The number of methoxy groups -OCH3 is 1. The van der Waals surface area contributed by atoms with Crippen molar-refractivity contribution in [1.82, 2.24) is 19.8 Å². The number of amides is 2. The number of ether oxygens (including phenoxy) is 1. The number of benzene rings is 2. The van der Waals surface area contributed by atoms with Crippen LogP contribution in [0.15, 0.2) is 48.5 Å². The molecule has 3 aromatic rings. The highest BCUT2D eigenvalue weighted by molar-refractivity contribution is 6.01. The third-order valence-electron chi connectivity index (χ3n) is 7.54. The van der Waals surface area contributed by atoms with Gasteiger partial charge in [-0.25, -0.2) is 4.98 Å². The summed E-state index contributed by atoms with van der Waals surface area (Å²) in [4.78, 5) is 34.1. The zero-order valence-corrected chi connectivity index (χ0v) is 20.1. The molecular formula is C27H32N4O3. The van der Waals surface area contributed by atoms with Crippen LogP contribution in [0.5, 0.6) is 5.75 Å². The first-order valence-corrected chi connectivity index (χ1v) is 12.1. The number of carbonyl (C=O) groups is 2. The molecule has 0 radical (unpaired) electrons. The van der Waals surface area contributed by atoms with Crippen molar-refractivity contribution in [1.29, 1.82) is 0 Å². The van der Waals surface area contributed by atoms with Crippen LogP contribution in [-0.2, 0) is 17.9 Å². The quantitative estimate of drug-likeness (QED) is 0.621. The Morgan fingerprint density at radius 3 is 2.76 bits per heavy atom. The zero-order valence-electron chi connectivity index (χ0n) is 20.1. The van der Waals surface area contributed by atoms with E-state index in [1.165, 1.54) is 6.42 Å². The fraction of sp³-hybridized carbons (Fsp3) is 0.444. The van der Waals surface area contributed by atoms with Crippen molar-refractivity contribution in [2.45, 2.75) is 64.2 Å². The minimum Gasteiger partial charge on any atom is -0.497 e. The number of para-hydroxylation sites is 2. The van der Waals surface area contributed by atoms with Crippen LogP contribution in [0.1, 0.15) is 55.7 Å². The molecule has 7 nitrogen and oxygen atoms in total. The van der Waals surface area contributed by atoms with Crippen molar-refractivity contribution in [3.05, 3.63) is 59.9 Å². The van der Waals surface area contributed by atoms with Crippen molar-refractivity contribution < 1.29 is 14.3 Å². The first-order valence-electron chi connectivity index (χ1n) is 12.1. The molecule has 1 aliphatic heterocycles. The Morgan fingerprint density at radius 2 is 1.97 bits per heavy atom. The summed E-state index contributed by atoms with van der Waals surface area (Å²) in [7, 11) is 1.62. The molecule has 3 atom stereocenters. The molecule has 0 saturated heterocycles. The maximum Gasteiger partial charge on any atom is 0.291 e. The van der Waals surface area contributed by atoms with Crippen molar-refractivity contribution in [2.24, 2.45) is 5.92 Å². The molecule has 7 heteroatoms. The molecule has 5 rings (SSSR count). The van der Waals surface area contributed by atoms with Gasteiger partial charge in [0, 0.05) is 12.6 Å². The van der Waals surface area contributed by atoms with E-state index in [0.717, 1.165) is 41.6 Å². The maximum absolute atomic E-state index is 13.9. The normalized spacial score (nSPS) is 24.7. The summed E-state index contributed by atoms with van der Waals surface area (Å²) < 4.78 is 7.29. The second-order valence-corrected chi connectivity index (χ2v) is 9.87. The van der Waals surface area contributed by atoms with Gasteiger partial charge in [0.05, 0.1) is 24.7 Å². The summed E-state index contributed by atoms with van der Waals surface area (Å²) in [6, 6.07) is 15.5. The second kappa shape index (κ2) is 8.78. The number of hydrogen-bond acceptors (Lipinski definition) is 4. The molecule has 0 spiro atoms. The average molecular weight is 461 g/mol. The molecular weight excluding hydrogens is 428 g/mol. The van der Waals surface area contributed by atoms with Gasteiger partial charge in [-0.2, -0.15) is 0 Å². The van der Waals surface area contributed by atoms with Gasteiger partial charge >= 0.3 is 0 Å². The highest BCUT2D eigenvalue weighted by Crippen LogP contribution is 2.33. The van der Waals surface area contributed by atoms with Crippen molar-refractivity contribution in [3.8, 4) is 5.75 Å². The average Bonchev–Trinajstić information content (AvgIpc) is 3.22. The molecule has 1 N–H and O–H groups in total. The summed E-state index contributed by atoms with van der Waals surface area (Å²) in [5.74, 6) is 1.18. The van der Waals surface area contributed by atoms with Gasteiger partial charge in [0.2, 0.25) is 5.91 Å². The number of nitrogens with one attached hydrogen (secondary N) is 1. The summed E-state index contributed by atoms with van der Waals surface area (Å²) in [6.45, 7) is 4.73. The second-order valence-electron chi connectivity index (χ2n) is 9.87. The molecule has 1 saturated carbocycles. The van der Waals surface area contributed by atoms with Crippen LogP contribution in [-0.4, -0.2) is 45.0 Å². The lowest BCUT2D eigenvalue weighted by atomic mass is 9.85. The smallest absolute Gasteiger partial charge is 0.291 e. The third-order valence-corrected chi connectivity index (χ3v) is 7.54. The lowest BCUT2D eigenvalue weighted by molar-refractivity contribution is -0.134. The molecule has 0 bridgehead atoms. The molecule has 1 fully saturated rings. The van der Waals surface area contributed by atoms with Gasteiger partial charge in [-0.3, -0.25) is 9.59 Å². The number of hydrogen-bond donors (Lipinski definition) is 1. The topological polar surface area (TPSA) is 76.5 Å². The number of rotatable bonds is 5.